The lowest BCUT2D eigenvalue weighted by Gasteiger charge is -2.49. The molecular formula is C23H29N3O2. The molecule has 0 bridgehead atoms. The van der Waals surface area contributed by atoms with Crippen molar-refractivity contribution < 1.29 is 9.59 Å². The van der Waals surface area contributed by atoms with Gasteiger partial charge in [0.15, 0.2) is 0 Å². The van der Waals surface area contributed by atoms with Crippen LogP contribution in [0.15, 0.2) is 48.7 Å². The Morgan fingerprint density at radius 2 is 1.82 bits per heavy atom. The van der Waals surface area contributed by atoms with Gasteiger partial charge in [-0.2, -0.15) is 0 Å². The summed E-state index contributed by atoms with van der Waals surface area (Å²) in [6.45, 7) is 5.15. The van der Waals surface area contributed by atoms with Crippen molar-refractivity contribution >= 4 is 11.8 Å². The lowest BCUT2D eigenvalue weighted by atomic mass is 9.67. The topological polar surface area (TPSA) is 45.5 Å². The van der Waals surface area contributed by atoms with E-state index >= 15 is 0 Å². The lowest BCUT2D eigenvalue weighted by molar-refractivity contribution is -0.141. The fourth-order valence-electron chi connectivity index (χ4n) is 4.89. The van der Waals surface area contributed by atoms with Gasteiger partial charge in [-0.25, -0.2) is 0 Å². The summed E-state index contributed by atoms with van der Waals surface area (Å²) in [6.07, 6.45) is 4.71. The zero-order valence-electron chi connectivity index (χ0n) is 16.8. The standard InChI is InChI=1S/C23H29N3O2/c1-3-25-17-23(16-19(21(25)27)18-8-5-4-6-9-18)11-14-26(15-12-23)22(28)20-10-7-13-24(20)2/h4-10,13,19H,3,11-12,14-17H2,1-2H3/t19-/m1/s1. The van der Waals surface area contributed by atoms with Gasteiger partial charge in [0, 0.05) is 39.4 Å². The summed E-state index contributed by atoms with van der Waals surface area (Å²) in [5.74, 6) is 0.299. The molecule has 3 heterocycles. The first-order valence-corrected chi connectivity index (χ1v) is 10.3. The minimum atomic E-state index is -0.0648. The molecule has 2 aromatic rings. The molecule has 5 nitrogen and oxygen atoms in total. The van der Waals surface area contributed by atoms with Crippen LogP contribution in [0.2, 0.25) is 0 Å². The lowest BCUT2D eigenvalue weighted by Crippen LogP contribution is -2.54. The molecule has 2 aliphatic rings. The number of piperidine rings is 2. The Hall–Kier alpha value is -2.56. The average molecular weight is 380 g/mol. The van der Waals surface area contributed by atoms with Crippen molar-refractivity contribution in [2.75, 3.05) is 26.2 Å². The largest absolute Gasteiger partial charge is 0.347 e. The van der Waals surface area contributed by atoms with Crippen LogP contribution < -0.4 is 0 Å². The molecule has 148 valence electrons. The molecule has 2 amide bonds. The molecule has 0 radical (unpaired) electrons. The Bertz CT molecular complexity index is 850. The summed E-state index contributed by atoms with van der Waals surface area (Å²) in [6, 6.07) is 14.0. The number of aryl methyl sites for hydroxylation is 1. The van der Waals surface area contributed by atoms with Crippen molar-refractivity contribution in [1.29, 1.82) is 0 Å². The van der Waals surface area contributed by atoms with Gasteiger partial charge in [-0.05, 0) is 49.3 Å². The summed E-state index contributed by atoms with van der Waals surface area (Å²) >= 11 is 0. The monoisotopic (exact) mass is 379 g/mol. The average Bonchev–Trinajstić information content (AvgIpc) is 3.16. The quantitative estimate of drug-likeness (QED) is 0.822. The highest BCUT2D eigenvalue weighted by Gasteiger charge is 2.46. The predicted octanol–water partition coefficient (Wildman–Crippen LogP) is 3.28. The highest BCUT2D eigenvalue weighted by Crippen LogP contribution is 2.45. The second-order valence-electron chi connectivity index (χ2n) is 8.32. The van der Waals surface area contributed by atoms with E-state index in [2.05, 4.69) is 19.1 Å². The van der Waals surface area contributed by atoms with E-state index < -0.39 is 0 Å². The minimum Gasteiger partial charge on any atom is -0.347 e. The molecule has 0 N–H and O–H groups in total. The van der Waals surface area contributed by atoms with Crippen LogP contribution >= 0.6 is 0 Å². The van der Waals surface area contributed by atoms with Crippen LogP contribution in [0.5, 0.6) is 0 Å². The van der Waals surface area contributed by atoms with Crippen LogP contribution in [-0.4, -0.2) is 52.4 Å². The van der Waals surface area contributed by atoms with E-state index in [1.807, 2.05) is 57.9 Å². The van der Waals surface area contributed by atoms with Crippen LogP contribution in [-0.2, 0) is 11.8 Å². The van der Waals surface area contributed by atoms with Crippen LogP contribution in [0, 0.1) is 5.41 Å². The molecule has 1 spiro atoms. The van der Waals surface area contributed by atoms with Gasteiger partial charge in [-0.15, -0.1) is 0 Å². The number of carbonyl (C=O) groups excluding carboxylic acids is 2. The first kappa shape index (κ1) is 18.8. The SMILES string of the molecule is CCN1CC2(CCN(C(=O)c3cccn3C)CC2)C[C@H](c2ccccc2)C1=O. The van der Waals surface area contributed by atoms with Crippen molar-refractivity contribution in [1.82, 2.24) is 14.4 Å². The molecule has 28 heavy (non-hydrogen) atoms. The van der Waals surface area contributed by atoms with Gasteiger partial charge >= 0.3 is 0 Å². The molecule has 0 aliphatic carbocycles. The number of aromatic nitrogens is 1. The summed E-state index contributed by atoms with van der Waals surface area (Å²) < 4.78 is 1.89. The molecular weight excluding hydrogens is 350 g/mol. The Balaban J connectivity index is 1.51. The Morgan fingerprint density at radius 1 is 1.11 bits per heavy atom. The predicted molar refractivity (Wildman–Crippen MR) is 109 cm³/mol. The second-order valence-corrected chi connectivity index (χ2v) is 8.32. The van der Waals surface area contributed by atoms with Crippen LogP contribution in [0.4, 0.5) is 0 Å². The Morgan fingerprint density at radius 3 is 2.43 bits per heavy atom. The van der Waals surface area contributed by atoms with Crippen molar-refractivity contribution in [2.24, 2.45) is 12.5 Å². The molecule has 0 unspecified atom stereocenters. The van der Waals surface area contributed by atoms with Crippen molar-refractivity contribution in [3.8, 4) is 0 Å². The molecule has 2 aliphatic heterocycles. The fourth-order valence-corrected chi connectivity index (χ4v) is 4.89. The number of benzene rings is 1. The summed E-state index contributed by atoms with van der Waals surface area (Å²) in [5.41, 5.74) is 1.97. The van der Waals surface area contributed by atoms with E-state index in [1.54, 1.807) is 0 Å². The van der Waals surface area contributed by atoms with Gasteiger partial charge < -0.3 is 14.4 Å². The van der Waals surface area contributed by atoms with E-state index in [1.165, 1.54) is 0 Å². The Kier molecular flexibility index (Phi) is 5.00. The smallest absolute Gasteiger partial charge is 0.270 e. The number of rotatable bonds is 3. The highest BCUT2D eigenvalue weighted by molar-refractivity contribution is 5.92. The van der Waals surface area contributed by atoms with Gasteiger partial charge in [0.1, 0.15) is 5.69 Å². The first-order valence-electron chi connectivity index (χ1n) is 10.3. The Labute approximate surface area is 166 Å². The number of amides is 2. The molecule has 4 rings (SSSR count). The normalized spacial score (nSPS) is 21.9. The maximum absolute atomic E-state index is 13.0. The molecule has 1 aromatic heterocycles. The third-order valence-corrected chi connectivity index (χ3v) is 6.63. The summed E-state index contributed by atoms with van der Waals surface area (Å²) in [4.78, 5) is 29.9. The number of hydrogen-bond donors (Lipinski definition) is 0. The fraction of sp³-hybridized carbons (Fsp3) is 0.478. The molecule has 0 saturated carbocycles. The molecule has 1 aromatic carbocycles. The maximum atomic E-state index is 13.0. The summed E-state index contributed by atoms with van der Waals surface area (Å²) in [7, 11) is 1.91. The highest BCUT2D eigenvalue weighted by atomic mass is 16.2. The molecule has 2 saturated heterocycles. The van der Waals surface area contributed by atoms with E-state index in [-0.39, 0.29) is 23.1 Å². The number of likely N-dealkylation sites (tertiary alicyclic amines) is 2. The van der Waals surface area contributed by atoms with E-state index in [4.69, 9.17) is 0 Å². The zero-order valence-corrected chi connectivity index (χ0v) is 16.8. The van der Waals surface area contributed by atoms with Gasteiger partial charge in [-0.3, -0.25) is 9.59 Å². The number of carbonyl (C=O) groups is 2. The van der Waals surface area contributed by atoms with Crippen molar-refractivity contribution in [2.45, 2.75) is 32.1 Å². The van der Waals surface area contributed by atoms with E-state index in [0.717, 1.165) is 56.7 Å². The van der Waals surface area contributed by atoms with Gasteiger partial charge in [0.05, 0.1) is 5.92 Å². The summed E-state index contributed by atoms with van der Waals surface area (Å²) in [5, 5.41) is 0. The van der Waals surface area contributed by atoms with Crippen molar-refractivity contribution in [3.05, 3.63) is 59.9 Å². The van der Waals surface area contributed by atoms with Gasteiger partial charge in [-0.1, -0.05) is 30.3 Å². The van der Waals surface area contributed by atoms with Crippen LogP contribution in [0.3, 0.4) is 0 Å². The maximum Gasteiger partial charge on any atom is 0.270 e. The minimum absolute atomic E-state index is 0.0648. The molecule has 1 atom stereocenters. The zero-order chi connectivity index (χ0) is 19.7. The van der Waals surface area contributed by atoms with Crippen LogP contribution in [0.1, 0.15) is 48.2 Å². The van der Waals surface area contributed by atoms with Gasteiger partial charge in [0.2, 0.25) is 5.91 Å². The number of nitrogens with zero attached hydrogens (tertiary/aromatic N) is 3. The molecule has 2 fully saturated rings. The van der Waals surface area contributed by atoms with E-state index in [0.29, 0.717) is 0 Å². The van der Waals surface area contributed by atoms with E-state index in [9.17, 15) is 9.59 Å². The number of likely N-dealkylation sites (N-methyl/N-ethyl adjacent to an activating group) is 1. The second kappa shape index (κ2) is 7.46. The van der Waals surface area contributed by atoms with Crippen LogP contribution in [0.25, 0.3) is 0 Å². The third-order valence-electron chi connectivity index (χ3n) is 6.63. The first-order chi connectivity index (χ1) is 13.5. The molecule has 5 heteroatoms. The van der Waals surface area contributed by atoms with Gasteiger partial charge in [0.25, 0.3) is 5.91 Å². The third kappa shape index (κ3) is 3.34. The number of hydrogen-bond acceptors (Lipinski definition) is 2. The van der Waals surface area contributed by atoms with Crippen molar-refractivity contribution in [3.63, 3.8) is 0 Å².